The largest absolute Gasteiger partial charge is 0.355 e. The van der Waals surface area contributed by atoms with Crippen LogP contribution in [0.3, 0.4) is 0 Å². The van der Waals surface area contributed by atoms with Gasteiger partial charge in [0.05, 0.1) is 24.0 Å². The number of aromatic nitrogens is 2. The summed E-state index contributed by atoms with van der Waals surface area (Å²) < 4.78 is 0. The number of anilines is 2. The maximum absolute atomic E-state index is 12.2. The molecule has 0 aliphatic carbocycles. The van der Waals surface area contributed by atoms with Crippen molar-refractivity contribution in [2.45, 2.75) is 25.7 Å². The van der Waals surface area contributed by atoms with Gasteiger partial charge in [0.15, 0.2) is 0 Å². The Morgan fingerprint density at radius 1 is 1.04 bits per heavy atom. The van der Waals surface area contributed by atoms with Crippen LogP contribution in [-0.2, 0) is 0 Å². The number of hydrogen-bond acceptors (Lipinski definition) is 5. The summed E-state index contributed by atoms with van der Waals surface area (Å²) in [5, 5.41) is 11.5. The van der Waals surface area contributed by atoms with E-state index in [0.717, 1.165) is 18.9 Å². The molecular weight excluding hydrogens is 302 g/mol. The van der Waals surface area contributed by atoms with Crippen LogP contribution in [0, 0.1) is 11.3 Å². The van der Waals surface area contributed by atoms with Crippen LogP contribution < -0.4 is 10.2 Å². The molecule has 1 aromatic heterocycles. The van der Waals surface area contributed by atoms with Crippen LogP contribution in [0.5, 0.6) is 0 Å². The van der Waals surface area contributed by atoms with Gasteiger partial charge >= 0.3 is 0 Å². The van der Waals surface area contributed by atoms with Gasteiger partial charge in [-0.1, -0.05) is 12.8 Å². The third-order valence-electron chi connectivity index (χ3n) is 4.07. The Labute approximate surface area is 141 Å². The molecule has 3 rings (SSSR count). The molecule has 0 unspecified atom stereocenters. The number of carbonyl (C=O) groups excluding carboxylic acids is 1. The van der Waals surface area contributed by atoms with Gasteiger partial charge < -0.3 is 10.2 Å². The monoisotopic (exact) mass is 321 g/mol. The molecule has 24 heavy (non-hydrogen) atoms. The molecule has 1 aliphatic heterocycles. The highest BCUT2D eigenvalue weighted by atomic mass is 16.1. The predicted molar refractivity (Wildman–Crippen MR) is 91.8 cm³/mol. The minimum absolute atomic E-state index is 0.276. The molecule has 0 radical (unpaired) electrons. The van der Waals surface area contributed by atoms with Crippen molar-refractivity contribution in [1.29, 1.82) is 5.26 Å². The Bertz CT molecular complexity index is 725. The molecule has 6 nitrogen and oxygen atoms in total. The van der Waals surface area contributed by atoms with Crippen LogP contribution in [0.25, 0.3) is 0 Å². The van der Waals surface area contributed by atoms with E-state index in [-0.39, 0.29) is 11.6 Å². The summed E-state index contributed by atoms with van der Waals surface area (Å²) in [5.41, 5.74) is 1.45. The average Bonchev–Trinajstić information content (AvgIpc) is 2.92. The molecule has 1 saturated heterocycles. The highest BCUT2D eigenvalue weighted by molar-refractivity contribution is 6.02. The molecule has 1 aliphatic rings. The Morgan fingerprint density at radius 3 is 2.33 bits per heavy atom. The summed E-state index contributed by atoms with van der Waals surface area (Å²) in [4.78, 5) is 23.1. The number of hydrogen-bond donors (Lipinski definition) is 1. The number of amides is 1. The number of nitrogens with zero attached hydrogens (tertiary/aromatic N) is 4. The molecule has 1 amide bonds. The van der Waals surface area contributed by atoms with E-state index < -0.39 is 0 Å². The van der Waals surface area contributed by atoms with Gasteiger partial charge in [-0.3, -0.25) is 4.79 Å². The second kappa shape index (κ2) is 7.55. The van der Waals surface area contributed by atoms with Crippen LogP contribution in [0.2, 0.25) is 0 Å². The fourth-order valence-electron chi connectivity index (χ4n) is 2.72. The molecule has 0 saturated carbocycles. The van der Waals surface area contributed by atoms with Crippen LogP contribution in [0.1, 0.15) is 41.7 Å². The highest BCUT2D eigenvalue weighted by Gasteiger charge is 2.13. The van der Waals surface area contributed by atoms with Gasteiger partial charge in [0.2, 0.25) is 0 Å². The Balaban J connectivity index is 1.65. The number of carbonyl (C=O) groups is 1. The van der Waals surface area contributed by atoms with Crippen LogP contribution in [0.4, 0.5) is 11.5 Å². The molecule has 1 fully saturated rings. The molecule has 122 valence electrons. The molecule has 1 N–H and O–H groups in total. The van der Waals surface area contributed by atoms with Crippen molar-refractivity contribution in [3.8, 4) is 6.07 Å². The van der Waals surface area contributed by atoms with Crippen molar-refractivity contribution in [1.82, 2.24) is 9.97 Å². The predicted octanol–water partition coefficient (Wildman–Crippen LogP) is 2.98. The third kappa shape index (κ3) is 3.87. The molecule has 6 heteroatoms. The zero-order valence-electron chi connectivity index (χ0n) is 13.4. The topological polar surface area (TPSA) is 81.9 Å². The first-order valence-electron chi connectivity index (χ1n) is 8.15. The van der Waals surface area contributed by atoms with Gasteiger partial charge in [-0.15, -0.1) is 0 Å². The highest BCUT2D eigenvalue weighted by Crippen LogP contribution is 2.16. The lowest BCUT2D eigenvalue weighted by Crippen LogP contribution is -2.25. The molecule has 1 aromatic carbocycles. The number of nitriles is 1. The molecule has 0 bridgehead atoms. The van der Waals surface area contributed by atoms with E-state index >= 15 is 0 Å². The number of rotatable bonds is 3. The van der Waals surface area contributed by atoms with E-state index in [1.165, 1.54) is 31.9 Å². The summed E-state index contributed by atoms with van der Waals surface area (Å²) in [6.45, 7) is 1.98. The van der Waals surface area contributed by atoms with Crippen LogP contribution in [-0.4, -0.2) is 29.0 Å². The van der Waals surface area contributed by atoms with Gasteiger partial charge in [-0.2, -0.15) is 5.26 Å². The second-order valence-corrected chi connectivity index (χ2v) is 5.80. The summed E-state index contributed by atoms with van der Waals surface area (Å²) in [6.07, 6.45) is 8.04. The van der Waals surface area contributed by atoms with Crippen molar-refractivity contribution in [2.75, 3.05) is 23.3 Å². The normalized spacial score (nSPS) is 14.5. The quantitative estimate of drug-likeness (QED) is 0.940. The van der Waals surface area contributed by atoms with Crippen LogP contribution in [0.15, 0.2) is 36.7 Å². The Kier molecular flexibility index (Phi) is 5.02. The molecule has 0 atom stereocenters. The van der Waals surface area contributed by atoms with Crippen molar-refractivity contribution in [3.05, 3.63) is 47.9 Å². The molecule has 0 spiro atoms. The van der Waals surface area contributed by atoms with Crippen molar-refractivity contribution < 1.29 is 4.79 Å². The van der Waals surface area contributed by atoms with E-state index in [9.17, 15) is 4.79 Å². The smallest absolute Gasteiger partial charge is 0.275 e. The van der Waals surface area contributed by atoms with Crippen molar-refractivity contribution in [3.63, 3.8) is 0 Å². The Hall–Kier alpha value is -2.94. The number of nitrogens with one attached hydrogen (secondary N) is 1. The van der Waals surface area contributed by atoms with Gasteiger partial charge in [0.1, 0.15) is 11.5 Å². The zero-order chi connectivity index (χ0) is 16.8. The maximum Gasteiger partial charge on any atom is 0.275 e. The van der Waals surface area contributed by atoms with E-state index in [0.29, 0.717) is 11.3 Å². The van der Waals surface area contributed by atoms with Gasteiger partial charge in [-0.05, 0) is 37.1 Å². The minimum Gasteiger partial charge on any atom is -0.355 e. The lowest BCUT2D eigenvalue weighted by atomic mass is 10.2. The third-order valence-corrected chi connectivity index (χ3v) is 4.07. The first kappa shape index (κ1) is 15.9. The number of benzene rings is 1. The second-order valence-electron chi connectivity index (χ2n) is 5.80. The summed E-state index contributed by atoms with van der Waals surface area (Å²) >= 11 is 0. The van der Waals surface area contributed by atoms with Crippen molar-refractivity contribution in [2.24, 2.45) is 0 Å². The molecule has 2 heterocycles. The average molecular weight is 321 g/mol. The lowest BCUT2D eigenvalue weighted by Gasteiger charge is -2.20. The summed E-state index contributed by atoms with van der Waals surface area (Å²) in [7, 11) is 0. The van der Waals surface area contributed by atoms with Gasteiger partial charge in [0.25, 0.3) is 5.91 Å². The standard InChI is InChI=1S/C18H19N5O/c19-11-14-5-7-15(8-6-14)22-18(24)16-12-21-17(13-20-16)23-9-3-1-2-4-10-23/h5-8,12-13H,1-4,9-10H2,(H,22,24). The van der Waals surface area contributed by atoms with Gasteiger partial charge in [-0.25, -0.2) is 9.97 Å². The van der Waals surface area contributed by atoms with Crippen molar-refractivity contribution >= 4 is 17.4 Å². The Morgan fingerprint density at radius 2 is 1.75 bits per heavy atom. The zero-order valence-corrected chi connectivity index (χ0v) is 13.4. The molecule has 2 aromatic rings. The molecular formula is C18H19N5O. The first-order chi connectivity index (χ1) is 11.8. The van der Waals surface area contributed by atoms with Crippen LogP contribution >= 0.6 is 0 Å². The van der Waals surface area contributed by atoms with Gasteiger partial charge in [0, 0.05) is 18.8 Å². The van der Waals surface area contributed by atoms with E-state index in [1.807, 2.05) is 6.07 Å². The fraction of sp³-hybridized carbons (Fsp3) is 0.333. The van der Waals surface area contributed by atoms with E-state index in [1.54, 1.807) is 30.5 Å². The lowest BCUT2D eigenvalue weighted by molar-refractivity contribution is 0.102. The minimum atomic E-state index is -0.311. The first-order valence-corrected chi connectivity index (χ1v) is 8.15. The van der Waals surface area contributed by atoms with E-state index in [4.69, 9.17) is 5.26 Å². The van der Waals surface area contributed by atoms with E-state index in [2.05, 4.69) is 20.2 Å². The summed E-state index contributed by atoms with van der Waals surface area (Å²) in [5.74, 6) is 0.515. The maximum atomic E-state index is 12.2. The summed E-state index contributed by atoms with van der Waals surface area (Å²) in [6, 6.07) is 8.73. The fourth-order valence-corrected chi connectivity index (χ4v) is 2.72. The SMILES string of the molecule is N#Cc1ccc(NC(=O)c2cnc(N3CCCCCC3)cn2)cc1.